The normalized spacial score (nSPS) is 33.7. The van der Waals surface area contributed by atoms with E-state index in [1.54, 1.807) is 0 Å². The van der Waals surface area contributed by atoms with E-state index in [4.69, 9.17) is 4.74 Å². The van der Waals surface area contributed by atoms with E-state index in [0.29, 0.717) is 18.0 Å². The van der Waals surface area contributed by atoms with Gasteiger partial charge in [-0.15, -0.1) is 0 Å². The summed E-state index contributed by atoms with van der Waals surface area (Å²) in [6.07, 6.45) is 3.55. The molecule has 4 atom stereocenters. The summed E-state index contributed by atoms with van der Waals surface area (Å²) < 4.78 is 6.69. The lowest BCUT2D eigenvalue weighted by Gasteiger charge is -2.39. The quantitative estimate of drug-likeness (QED) is 0.943. The first-order valence-corrected chi connectivity index (χ1v) is 9.02. The maximum absolute atomic E-state index is 10.0. The van der Waals surface area contributed by atoms with Crippen LogP contribution in [0.25, 0.3) is 0 Å². The van der Waals surface area contributed by atoms with Crippen LogP contribution >= 0.6 is 0 Å². The van der Waals surface area contributed by atoms with E-state index in [-0.39, 0.29) is 12.8 Å². The minimum Gasteiger partial charge on any atom is -0.392 e. The first-order chi connectivity index (χ1) is 11.8. The van der Waals surface area contributed by atoms with Crippen molar-refractivity contribution in [2.75, 3.05) is 6.61 Å². The van der Waals surface area contributed by atoms with Gasteiger partial charge in [0, 0.05) is 6.04 Å². The summed E-state index contributed by atoms with van der Waals surface area (Å²) in [5.41, 5.74) is 1.93. The predicted octanol–water partition coefficient (Wildman–Crippen LogP) is 3.13. The number of aliphatic hydroxyl groups is 1. The number of aliphatic hydroxyl groups excluding tert-OH is 1. The van der Waals surface area contributed by atoms with Gasteiger partial charge in [-0.05, 0) is 36.3 Å². The smallest absolute Gasteiger partial charge is 0.136 e. The van der Waals surface area contributed by atoms with E-state index in [1.165, 1.54) is 30.4 Å². The Bertz CT molecular complexity index is 678. The van der Waals surface area contributed by atoms with Crippen LogP contribution in [0.3, 0.4) is 0 Å². The molecule has 3 heteroatoms. The highest BCUT2D eigenvalue weighted by molar-refractivity contribution is 5.41. The molecule has 2 heterocycles. The average Bonchev–Trinajstić information content (AvgIpc) is 3.35. The molecule has 0 spiro atoms. The van der Waals surface area contributed by atoms with Crippen LogP contribution in [0, 0.1) is 5.92 Å². The van der Waals surface area contributed by atoms with Crippen molar-refractivity contribution in [3.8, 4) is 0 Å². The fourth-order valence-corrected chi connectivity index (χ4v) is 5.47. The largest absolute Gasteiger partial charge is 0.392 e. The number of fused-ring (bicyclic) bond motifs is 5. The van der Waals surface area contributed by atoms with Crippen LogP contribution in [0.1, 0.15) is 30.4 Å². The van der Waals surface area contributed by atoms with E-state index < -0.39 is 5.60 Å². The summed E-state index contributed by atoms with van der Waals surface area (Å²) in [4.78, 5) is 2.48. The van der Waals surface area contributed by atoms with Crippen molar-refractivity contribution < 1.29 is 9.84 Å². The Labute approximate surface area is 142 Å². The highest BCUT2D eigenvalue weighted by Crippen LogP contribution is 2.58. The van der Waals surface area contributed by atoms with Gasteiger partial charge in [-0.25, -0.2) is 0 Å². The van der Waals surface area contributed by atoms with Crippen molar-refractivity contribution in [1.29, 1.82) is 0 Å². The van der Waals surface area contributed by atoms with Crippen molar-refractivity contribution in [3.05, 3.63) is 71.8 Å². The molecule has 1 saturated carbocycles. The Balaban J connectivity index is 1.73. The third kappa shape index (κ3) is 1.83. The molecule has 2 saturated heterocycles. The van der Waals surface area contributed by atoms with Crippen molar-refractivity contribution in [1.82, 2.24) is 4.90 Å². The molecule has 5 rings (SSSR count). The Hall–Kier alpha value is -1.68. The topological polar surface area (TPSA) is 32.7 Å². The van der Waals surface area contributed by atoms with Crippen LogP contribution in [0.5, 0.6) is 0 Å². The van der Waals surface area contributed by atoms with Crippen LogP contribution in [-0.4, -0.2) is 34.9 Å². The van der Waals surface area contributed by atoms with Crippen LogP contribution in [0.15, 0.2) is 60.7 Å². The zero-order valence-corrected chi connectivity index (χ0v) is 13.7. The number of rotatable bonds is 3. The first-order valence-electron chi connectivity index (χ1n) is 9.02. The number of nitrogens with zero attached hydrogens (tertiary/aromatic N) is 1. The number of ether oxygens (including phenoxy) is 1. The fourth-order valence-electron chi connectivity index (χ4n) is 5.47. The SMILES string of the molecule is OC[C@@H]1OC(c2ccccc2)(c2ccccc2)[C@@H]2[C@H]3CC[C@H](C3)N12. The van der Waals surface area contributed by atoms with E-state index in [1.807, 2.05) is 0 Å². The molecule has 2 bridgehead atoms. The molecule has 3 fully saturated rings. The molecule has 3 aliphatic rings. The van der Waals surface area contributed by atoms with Gasteiger partial charge in [-0.1, -0.05) is 60.7 Å². The molecule has 1 aliphatic carbocycles. The molecule has 24 heavy (non-hydrogen) atoms. The average molecular weight is 321 g/mol. The predicted molar refractivity (Wildman–Crippen MR) is 92.4 cm³/mol. The van der Waals surface area contributed by atoms with Crippen LogP contribution < -0.4 is 0 Å². The summed E-state index contributed by atoms with van der Waals surface area (Å²) >= 11 is 0. The van der Waals surface area contributed by atoms with E-state index in [2.05, 4.69) is 65.6 Å². The van der Waals surface area contributed by atoms with Crippen molar-refractivity contribution >= 4 is 0 Å². The van der Waals surface area contributed by atoms with Crippen LogP contribution in [-0.2, 0) is 10.3 Å². The Morgan fingerprint density at radius 1 is 0.958 bits per heavy atom. The molecule has 2 aromatic carbocycles. The third-order valence-corrected chi connectivity index (χ3v) is 6.27. The maximum atomic E-state index is 10.0. The second-order valence-electron chi connectivity index (χ2n) is 7.34. The minimum absolute atomic E-state index is 0.0567. The number of benzene rings is 2. The van der Waals surface area contributed by atoms with Crippen molar-refractivity contribution in [3.63, 3.8) is 0 Å². The first kappa shape index (κ1) is 14.6. The van der Waals surface area contributed by atoms with Gasteiger partial charge in [-0.2, -0.15) is 0 Å². The monoisotopic (exact) mass is 321 g/mol. The molecular weight excluding hydrogens is 298 g/mol. The molecule has 0 aromatic heterocycles. The molecule has 124 valence electrons. The lowest BCUT2D eigenvalue weighted by atomic mass is 9.75. The molecule has 0 unspecified atom stereocenters. The van der Waals surface area contributed by atoms with Crippen molar-refractivity contribution in [2.24, 2.45) is 5.92 Å². The standard InChI is InChI=1S/C21H23NO2/c23-14-19-22-18-12-11-15(13-18)20(22)21(24-19,16-7-3-1-4-8-16)17-9-5-2-6-10-17/h1-10,15,18-20,23H,11-14H2/t15-,18+,19-,20-/m0/s1. The molecule has 0 amide bonds. The number of hydrogen-bond donors (Lipinski definition) is 1. The van der Waals surface area contributed by atoms with Crippen molar-refractivity contribution in [2.45, 2.75) is 43.2 Å². The molecular formula is C21H23NO2. The Morgan fingerprint density at radius 3 is 2.17 bits per heavy atom. The van der Waals surface area contributed by atoms with Gasteiger partial charge in [0.2, 0.25) is 0 Å². The summed E-state index contributed by atoms with van der Waals surface area (Å²) in [6, 6.07) is 22.1. The summed E-state index contributed by atoms with van der Waals surface area (Å²) in [5.74, 6) is 0.645. The number of piperidine rings is 1. The van der Waals surface area contributed by atoms with E-state index in [9.17, 15) is 5.11 Å². The van der Waals surface area contributed by atoms with Gasteiger partial charge < -0.3 is 9.84 Å². The van der Waals surface area contributed by atoms with Crippen LogP contribution in [0.4, 0.5) is 0 Å². The lowest BCUT2D eigenvalue weighted by Crippen LogP contribution is -2.48. The lowest BCUT2D eigenvalue weighted by molar-refractivity contribution is -0.0749. The molecule has 2 aliphatic heterocycles. The molecule has 3 nitrogen and oxygen atoms in total. The summed E-state index contributed by atoms with van der Waals surface area (Å²) in [6.45, 7) is 0.0567. The summed E-state index contributed by atoms with van der Waals surface area (Å²) in [7, 11) is 0. The highest BCUT2D eigenvalue weighted by Gasteiger charge is 2.64. The summed E-state index contributed by atoms with van der Waals surface area (Å²) in [5, 5.41) is 10.0. The molecule has 2 aromatic rings. The van der Waals surface area contributed by atoms with Crippen LogP contribution in [0.2, 0.25) is 0 Å². The van der Waals surface area contributed by atoms with E-state index in [0.717, 1.165) is 0 Å². The van der Waals surface area contributed by atoms with E-state index >= 15 is 0 Å². The van der Waals surface area contributed by atoms with Gasteiger partial charge in [-0.3, -0.25) is 4.90 Å². The van der Waals surface area contributed by atoms with Gasteiger partial charge in [0.25, 0.3) is 0 Å². The van der Waals surface area contributed by atoms with Gasteiger partial charge >= 0.3 is 0 Å². The highest BCUT2D eigenvalue weighted by atomic mass is 16.6. The van der Waals surface area contributed by atoms with Gasteiger partial charge in [0.1, 0.15) is 11.8 Å². The Morgan fingerprint density at radius 2 is 1.58 bits per heavy atom. The van der Waals surface area contributed by atoms with Gasteiger partial charge in [0.15, 0.2) is 0 Å². The number of hydrogen-bond acceptors (Lipinski definition) is 3. The zero-order valence-electron chi connectivity index (χ0n) is 13.7. The van der Waals surface area contributed by atoms with Gasteiger partial charge in [0.05, 0.1) is 12.6 Å². The third-order valence-electron chi connectivity index (χ3n) is 6.27. The minimum atomic E-state index is -0.476. The maximum Gasteiger partial charge on any atom is 0.136 e. The molecule has 0 radical (unpaired) electrons. The second kappa shape index (κ2) is 5.41. The second-order valence-corrected chi connectivity index (χ2v) is 7.34. The Kier molecular flexibility index (Phi) is 3.30. The molecule has 1 N–H and O–H groups in total. The zero-order chi connectivity index (χ0) is 16.1. The fraction of sp³-hybridized carbons (Fsp3) is 0.429.